The van der Waals surface area contributed by atoms with Gasteiger partial charge in [0.1, 0.15) is 0 Å². The second-order valence-corrected chi connectivity index (χ2v) is 9.86. The van der Waals surface area contributed by atoms with Gasteiger partial charge in [-0.3, -0.25) is 19.5 Å². The first-order valence-corrected chi connectivity index (χ1v) is 12.1. The molecule has 0 bridgehead atoms. The molecule has 1 atom stereocenters. The van der Waals surface area contributed by atoms with Crippen LogP contribution in [0, 0.1) is 0 Å². The molecule has 1 aliphatic carbocycles. The van der Waals surface area contributed by atoms with Crippen molar-refractivity contribution in [2.24, 2.45) is 0 Å². The average Bonchev–Trinajstić information content (AvgIpc) is 3.18. The quantitative estimate of drug-likeness (QED) is 0.516. The molecule has 1 aliphatic heterocycles. The highest BCUT2D eigenvalue weighted by Crippen LogP contribution is 2.40. The number of aromatic nitrogens is 2. The number of nitrogens with one attached hydrogen (secondary N) is 2. The molecule has 0 radical (unpaired) electrons. The highest BCUT2D eigenvalue weighted by Gasteiger charge is 2.38. The molecule has 2 aromatic heterocycles. The number of rotatable bonds is 5. The number of anilines is 1. The molecule has 1 aromatic carbocycles. The standard InChI is InChI=1S/C28H28F2N4O2/c1-17-9-18(2)26(27(36)33-22-4-6-25(35)32-14-22)24-11-20(3-5-23(17)24)21-10-19(12-31-13-21)15-34-8-7-28(29,30)16-34/h3-6,10-14,17H,7-9,15-16H2,1-2H3,(H,32,35)(H,33,36)/t17-/m1/s1. The Kier molecular flexibility index (Phi) is 6.30. The van der Waals surface area contributed by atoms with Gasteiger partial charge in [0.25, 0.3) is 11.8 Å². The van der Waals surface area contributed by atoms with Crippen molar-refractivity contribution in [2.45, 2.75) is 45.1 Å². The summed E-state index contributed by atoms with van der Waals surface area (Å²) in [7, 11) is 0. The number of amides is 1. The Balaban J connectivity index is 1.45. The molecule has 3 heterocycles. The van der Waals surface area contributed by atoms with Gasteiger partial charge in [0, 0.05) is 55.3 Å². The van der Waals surface area contributed by atoms with Crippen LogP contribution in [-0.4, -0.2) is 39.8 Å². The summed E-state index contributed by atoms with van der Waals surface area (Å²) in [5.41, 5.74) is 6.52. The van der Waals surface area contributed by atoms with Gasteiger partial charge in [-0.25, -0.2) is 8.78 Å². The molecule has 186 valence electrons. The largest absolute Gasteiger partial charge is 0.327 e. The maximum atomic E-state index is 13.6. The third kappa shape index (κ3) is 4.99. The van der Waals surface area contributed by atoms with Crippen LogP contribution in [0.15, 0.2) is 65.4 Å². The van der Waals surface area contributed by atoms with Crippen LogP contribution in [0.2, 0.25) is 0 Å². The first kappa shape index (κ1) is 24.1. The van der Waals surface area contributed by atoms with E-state index in [4.69, 9.17) is 0 Å². The number of aromatic amines is 1. The van der Waals surface area contributed by atoms with Crippen molar-refractivity contribution in [2.75, 3.05) is 18.4 Å². The molecule has 6 nitrogen and oxygen atoms in total. The lowest BCUT2D eigenvalue weighted by Gasteiger charge is -2.27. The van der Waals surface area contributed by atoms with Crippen LogP contribution in [0.25, 0.3) is 16.7 Å². The Morgan fingerprint density at radius 1 is 1.19 bits per heavy atom. The maximum absolute atomic E-state index is 13.6. The number of hydrogen-bond donors (Lipinski definition) is 2. The number of benzene rings is 1. The number of carbonyl (C=O) groups is 1. The number of likely N-dealkylation sites (tertiary alicyclic amines) is 1. The van der Waals surface area contributed by atoms with Crippen molar-refractivity contribution in [1.29, 1.82) is 0 Å². The number of allylic oxidation sites excluding steroid dienone is 1. The van der Waals surface area contributed by atoms with E-state index in [1.165, 1.54) is 12.3 Å². The van der Waals surface area contributed by atoms with Gasteiger partial charge >= 0.3 is 0 Å². The molecule has 3 aromatic rings. The number of alkyl halides is 2. The van der Waals surface area contributed by atoms with E-state index in [0.717, 1.165) is 39.8 Å². The van der Waals surface area contributed by atoms with Gasteiger partial charge in [0.2, 0.25) is 5.56 Å². The second kappa shape index (κ2) is 9.43. The fraction of sp³-hybridized carbons (Fsp3) is 0.321. The highest BCUT2D eigenvalue weighted by molar-refractivity contribution is 6.26. The van der Waals surface area contributed by atoms with Crippen LogP contribution in [0.4, 0.5) is 14.5 Å². The highest BCUT2D eigenvalue weighted by atomic mass is 19.3. The molecular weight excluding hydrogens is 462 g/mol. The Bertz CT molecular complexity index is 1390. The predicted octanol–water partition coefficient (Wildman–Crippen LogP) is 5.20. The van der Waals surface area contributed by atoms with Gasteiger partial charge in [0.05, 0.1) is 12.2 Å². The molecule has 0 saturated carbocycles. The SMILES string of the molecule is CC1=C(C(=O)Nc2ccc(=O)[nH]c2)c2cc(-c3cncc(CN4CCC(F)(F)C4)c3)ccc2[C@H](C)C1. The van der Waals surface area contributed by atoms with Crippen molar-refractivity contribution in [1.82, 2.24) is 14.9 Å². The predicted molar refractivity (Wildman–Crippen MR) is 136 cm³/mol. The van der Waals surface area contributed by atoms with Gasteiger partial charge < -0.3 is 10.3 Å². The normalized spacial score (nSPS) is 19.3. The number of pyridine rings is 2. The van der Waals surface area contributed by atoms with E-state index >= 15 is 0 Å². The smallest absolute Gasteiger partial charge is 0.261 e. The third-order valence-corrected chi connectivity index (χ3v) is 6.94. The molecule has 36 heavy (non-hydrogen) atoms. The van der Waals surface area contributed by atoms with Crippen molar-refractivity contribution in [3.63, 3.8) is 0 Å². The minimum absolute atomic E-state index is 0.112. The maximum Gasteiger partial charge on any atom is 0.261 e. The summed E-state index contributed by atoms with van der Waals surface area (Å²) in [4.78, 5) is 33.4. The molecule has 0 unspecified atom stereocenters. The molecular formula is C28H28F2N4O2. The first-order chi connectivity index (χ1) is 17.2. The fourth-order valence-corrected chi connectivity index (χ4v) is 5.21. The van der Waals surface area contributed by atoms with Gasteiger partial charge in [0.15, 0.2) is 0 Å². The lowest BCUT2D eigenvalue weighted by molar-refractivity contribution is -0.111. The van der Waals surface area contributed by atoms with Crippen molar-refractivity contribution < 1.29 is 13.6 Å². The van der Waals surface area contributed by atoms with E-state index in [1.54, 1.807) is 23.4 Å². The van der Waals surface area contributed by atoms with Crippen LogP contribution >= 0.6 is 0 Å². The first-order valence-electron chi connectivity index (χ1n) is 12.1. The monoisotopic (exact) mass is 490 g/mol. The van der Waals surface area contributed by atoms with Crippen molar-refractivity contribution in [3.8, 4) is 11.1 Å². The van der Waals surface area contributed by atoms with Crippen molar-refractivity contribution in [3.05, 3.63) is 87.6 Å². The number of hydrogen-bond acceptors (Lipinski definition) is 4. The van der Waals surface area contributed by atoms with Crippen LogP contribution in [0.3, 0.4) is 0 Å². The fourth-order valence-electron chi connectivity index (χ4n) is 5.21. The molecule has 2 aliphatic rings. The summed E-state index contributed by atoms with van der Waals surface area (Å²) in [6, 6.07) is 11.0. The average molecular weight is 491 g/mol. The Labute approximate surface area is 208 Å². The molecule has 1 fully saturated rings. The summed E-state index contributed by atoms with van der Waals surface area (Å²) in [6.45, 7) is 4.68. The van der Waals surface area contributed by atoms with Crippen molar-refractivity contribution >= 4 is 17.2 Å². The van der Waals surface area contributed by atoms with Gasteiger partial charge in [-0.1, -0.05) is 24.6 Å². The van der Waals surface area contributed by atoms with Gasteiger partial charge in [-0.2, -0.15) is 0 Å². The zero-order chi connectivity index (χ0) is 25.4. The lowest BCUT2D eigenvalue weighted by Crippen LogP contribution is -2.24. The molecule has 0 spiro atoms. The van der Waals surface area contributed by atoms with E-state index in [9.17, 15) is 18.4 Å². The summed E-state index contributed by atoms with van der Waals surface area (Å²) >= 11 is 0. The van der Waals surface area contributed by atoms with E-state index < -0.39 is 5.92 Å². The minimum Gasteiger partial charge on any atom is -0.327 e. The summed E-state index contributed by atoms with van der Waals surface area (Å²) in [5, 5.41) is 2.89. The zero-order valence-corrected chi connectivity index (χ0v) is 20.3. The number of nitrogens with zero attached hydrogens (tertiary/aromatic N) is 2. The van der Waals surface area contributed by atoms with Crippen LogP contribution in [0.5, 0.6) is 0 Å². The topological polar surface area (TPSA) is 78.1 Å². The van der Waals surface area contributed by atoms with Gasteiger partial charge in [-0.05, 0) is 59.7 Å². The lowest BCUT2D eigenvalue weighted by atomic mass is 9.78. The zero-order valence-electron chi connectivity index (χ0n) is 20.3. The molecule has 8 heteroatoms. The Hall–Kier alpha value is -3.65. The Morgan fingerprint density at radius 2 is 2.03 bits per heavy atom. The summed E-state index contributed by atoms with van der Waals surface area (Å²) in [5.74, 6) is -2.59. The molecule has 5 rings (SSSR count). The van der Waals surface area contributed by atoms with E-state index in [2.05, 4.69) is 28.3 Å². The van der Waals surface area contributed by atoms with Crippen LogP contribution in [0.1, 0.15) is 49.3 Å². The van der Waals surface area contributed by atoms with Crippen LogP contribution < -0.4 is 10.9 Å². The number of fused-ring (bicyclic) bond motifs is 1. The van der Waals surface area contributed by atoms with E-state index in [0.29, 0.717) is 24.4 Å². The van der Waals surface area contributed by atoms with Gasteiger partial charge in [-0.15, -0.1) is 0 Å². The van der Waals surface area contributed by atoms with E-state index in [-0.39, 0.29) is 30.3 Å². The molecule has 1 saturated heterocycles. The van der Waals surface area contributed by atoms with Crippen LogP contribution in [-0.2, 0) is 11.3 Å². The van der Waals surface area contributed by atoms with E-state index in [1.807, 2.05) is 25.1 Å². The summed E-state index contributed by atoms with van der Waals surface area (Å²) < 4.78 is 27.2. The summed E-state index contributed by atoms with van der Waals surface area (Å²) in [6.07, 6.45) is 5.61. The minimum atomic E-state index is -2.63. The number of carbonyl (C=O) groups excluding carboxylic acids is 1. The second-order valence-electron chi connectivity index (χ2n) is 9.86. The Morgan fingerprint density at radius 3 is 2.75 bits per heavy atom. The third-order valence-electron chi connectivity index (χ3n) is 6.94. The number of halogens is 2. The molecule has 1 amide bonds. The number of H-pyrrole nitrogens is 1. The molecule has 2 N–H and O–H groups in total.